The summed E-state index contributed by atoms with van der Waals surface area (Å²) in [4.78, 5) is 0. The van der Waals surface area contributed by atoms with E-state index in [2.05, 4.69) is 19.6 Å². The summed E-state index contributed by atoms with van der Waals surface area (Å²) < 4.78 is 1.93. The maximum atomic E-state index is 3.64. The monoisotopic (exact) mass is 120 g/mol. The van der Waals surface area contributed by atoms with Crippen LogP contribution in [0.2, 0.25) is 0 Å². The van der Waals surface area contributed by atoms with Crippen LogP contribution in [0.1, 0.15) is 5.56 Å². The number of nitrogens with zero attached hydrogens (tertiary/aromatic N) is 1. The third kappa shape index (κ3) is 1.39. The first-order valence-corrected chi connectivity index (χ1v) is 2.93. The molecule has 0 N–H and O–H groups in total. The molecular formula is C8H10N+. The molecule has 0 fully saturated rings. The zero-order chi connectivity index (χ0) is 6.69. The highest BCUT2D eigenvalue weighted by atomic mass is 14.9. The zero-order valence-corrected chi connectivity index (χ0v) is 5.54. The molecule has 0 aromatic carbocycles. The van der Waals surface area contributed by atoms with Crippen molar-refractivity contribution >= 4 is 6.20 Å². The number of hydrogen-bond donors (Lipinski definition) is 0. The van der Waals surface area contributed by atoms with Crippen LogP contribution in [0.25, 0.3) is 6.20 Å². The average Bonchev–Trinajstić information content (AvgIpc) is 1.88. The fourth-order valence-electron chi connectivity index (χ4n) is 0.729. The van der Waals surface area contributed by atoms with E-state index in [0.29, 0.717) is 0 Å². The molecular weight excluding hydrogens is 110 g/mol. The van der Waals surface area contributed by atoms with Gasteiger partial charge < -0.3 is 0 Å². The Balaban J connectivity index is 3.07. The van der Waals surface area contributed by atoms with Crippen LogP contribution in [0.5, 0.6) is 0 Å². The second-order valence-corrected chi connectivity index (χ2v) is 2.01. The lowest BCUT2D eigenvalue weighted by Crippen LogP contribution is -2.23. The summed E-state index contributed by atoms with van der Waals surface area (Å²) in [5.74, 6) is 0. The van der Waals surface area contributed by atoms with E-state index in [4.69, 9.17) is 0 Å². The van der Waals surface area contributed by atoms with Crippen molar-refractivity contribution in [3.8, 4) is 0 Å². The van der Waals surface area contributed by atoms with Gasteiger partial charge in [-0.3, -0.25) is 0 Å². The molecule has 1 nitrogen and oxygen atoms in total. The molecule has 0 amide bonds. The van der Waals surface area contributed by atoms with Gasteiger partial charge in [0, 0.05) is 11.6 Å². The zero-order valence-electron chi connectivity index (χ0n) is 5.54. The first-order valence-electron chi connectivity index (χ1n) is 2.93. The van der Waals surface area contributed by atoms with E-state index in [-0.39, 0.29) is 0 Å². The van der Waals surface area contributed by atoms with Crippen LogP contribution in [0.3, 0.4) is 0 Å². The van der Waals surface area contributed by atoms with Gasteiger partial charge in [0.2, 0.25) is 0 Å². The SMILES string of the molecule is C=C[n+]1cccc(C)c1. The summed E-state index contributed by atoms with van der Waals surface area (Å²) in [7, 11) is 0. The van der Waals surface area contributed by atoms with Gasteiger partial charge in [0.15, 0.2) is 18.6 Å². The van der Waals surface area contributed by atoms with E-state index in [1.807, 2.05) is 23.0 Å². The summed E-state index contributed by atoms with van der Waals surface area (Å²) in [6, 6.07) is 4.05. The Bertz CT molecular complexity index is 216. The number of hydrogen-bond acceptors (Lipinski definition) is 0. The minimum atomic E-state index is 1.25. The first kappa shape index (κ1) is 6.02. The minimum Gasteiger partial charge on any atom is -0.174 e. The molecule has 0 unspecified atom stereocenters. The van der Waals surface area contributed by atoms with Gasteiger partial charge in [0.05, 0.1) is 0 Å². The normalized spacial score (nSPS) is 9.00. The van der Waals surface area contributed by atoms with Crippen molar-refractivity contribution in [1.82, 2.24) is 0 Å². The third-order valence-electron chi connectivity index (χ3n) is 1.18. The highest BCUT2D eigenvalue weighted by Gasteiger charge is 1.90. The van der Waals surface area contributed by atoms with Gasteiger partial charge in [0.1, 0.15) is 0 Å². The molecule has 0 radical (unpaired) electrons. The Hall–Kier alpha value is -1.11. The third-order valence-corrected chi connectivity index (χ3v) is 1.18. The quantitative estimate of drug-likeness (QED) is 0.493. The van der Waals surface area contributed by atoms with Crippen LogP contribution in [0, 0.1) is 6.92 Å². The summed E-state index contributed by atoms with van der Waals surface area (Å²) in [5, 5.41) is 0. The van der Waals surface area contributed by atoms with Gasteiger partial charge in [-0.2, -0.15) is 4.57 Å². The van der Waals surface area contributed by atoms with Gasteiger partial charge in [-0.05, 0) is 19.6 Å². The van der Waals surface area contributed by atoms with Crippen molar-refractivity contribution in [2.75, 3.05) is 0 Å². The van der Waals surface area contributed by atoms with Crippen molar-refractivity contribution in [3.63, 3.8) is 0 Å². The Labute approximate surface area is 55.3 Å². The molecule has 46 valence electrons. The summed E-state index contributed by atoms with van der Waals surface area (Å²) in [6.07, 6.45) is 5.75. The average molecular weight is 120 g/mol. The lowest BCUT2D eigenvalue weighted by atomic mass is 10.3. The molecule has 0 spiro atoms. The number of pyridine rings is 1. The van der Waals surface area contributed by atoms with Gasteiger partial charge in [-0.25, -0.2) is 0 Å². The standard InChI is InChI=1S/C8H10N/c1-3-9-6-4-5-8(2)7-9/h3-7H,1H2,2H3/q+1. The fraction of sp³-hybridized carbons (Fsp3) is 0.125. The van der Waals surface area contributed by atoms with Crippen LogP contribution in [-0.4, -0.2) is 0 Å². The van der Waals surface area contributed by atoms with Crippen LogP contribution in [0.4, 0.5) is 0 Å². The predicted molar refractivity (Wildman–Crippen MR) is 37.8 cm³/mol. The topological polar surface area (TPSA) is 3.88 Å². The Morgan fingerprint density at radius 3 is 2.89 bits per heavy atom. The van der Waals surface area contributed by atoms with Crippen molar-refractivity contribution in [3.05, 3.63) is 36.7 Å². The van der Waals surface area contributed by atoms with E-state index in [1.54, 1.807) is 6.20 Å². The van der Waals surface area contributed by atoms with Crippen LogP contribution < -0.4 is 4.57 Å². The lowest BCUT2D eigenvalue weighted by molar-refractivity contribution is -0.568. The van der Waals surface area contributed by atoms with Crippen LogP contribution in [-0.2, 0) is 0 Å². The fourth-order valence-corrected chi connectivity index (χ4v) is 0.729. The van der Waals surface area contributed by atoms with Crippen LogP contribution in [0.15, 0.2) is 31.1 Å². The van der Waals surface area contributed by atoms with Gasteiger partial charge >= 0.3 is 0 Å². The molecule has 0 aliphatic rings. The second-order valence-electron chi connectivity index (χ2n) is 2.01. The molecule has 1 heterocycles. The number of rotatable bonds is 1. The van der Waals surface area contributed by atoms with Crippen molar-refractivity contribution in [2.45, 2.75) is 6.92 Å². The van der Waals surface area contributed by atoms with Crippen molar-refractivity contribution in [1.29, 1.82) is 0 Å². The Morgan fingerprint density at radius 1 is 1.67 bits per heavy atom. The first-order chi connectivity index (χ1) is 4.33. The summed E-state index contributed by atoms with van der Waals surface area (Å²) in [5.41, 5.74) is 1.25. The van der Waals surface area contributed by atoms with Gasteiger partial charge in [0.25, 0.3) is 0 Å². The molecule has 0 bridgehead atoms. The van der Waals surface area contributed by atoms with E-state index < -0.39 is 0 Å². The van der Waals surface area contributed by atoms with E-state index in [1.165, 1.54) is 5.56 Å². The van der Waals surface area contributed by atoms with Crippen LogP contribution >= 0.6 is 0 Å². The van der Waals surface area contributed by atoms with E-state index in [0.717, 1.165) is 0 Å². The molecule has 0 saturated carbocycles. The predicted octanol–water partition coefficient (Wildman–Crippen LogP) is 1.38. The number of aryl methyl sites for hydroxylation is 1. The van der Waals surface area contributed by atoms with Gasteiger partial charge in [-0.15, -0.1) is 0 Å². The molecule has 1 rings (SSSR count). The second kappa shape index (κ2) is 2.44. The highest BCUT2D eigenvalue weighted by molar-refractivity contribution is 5.05. The molecule has 0 aliphatic heterocycles. The Kier molecular flexibility index (Phi) is 1.63. The summed E-state index contributed by atoms with van der Waals surface area (Å²) >= 11 is 0. The summed E-state index contributed by atoms with van der Waals surface area (Å²) in [6.45, 7) is 5.69. The molecule has 1 heteroatoms. The lowest BCUT2D eigenvalue weighted by Gasteiger charge is -1.86. The van der Waals surface area contributed by atoms with E-state index in [9.17, 15) is 0 Å². The largest absolute Gasteiger partial charge is 0.177 e. The molecule has 1 aromatic heterocycles. The van der Waals surface area contributed by atoms with E-state index >= 15 is 0 Å². The minimum absolute atomic E-state index is 1.25. The smallest absolute Gasteiger partial charge is 0.174 e. The molecule has 0 saturated heterocycles. The van der Waals surface area contributed by atoms with Gasteiger partial charge in [-0.1, -0.05) is 0 Å². The molecule has 9 heavy (non-hydrogen) atoms. The molecule has 1 aromatic rings. The number of aromatic nitrogens is 1. The maximum absolute atomic E-state index is 3.64. The highest BCUT2D eigenvalue weighted by Crippen LogP contribution is 1.88. The maximum Gasteiger partial charge on any atom is 0.177 e. The van der Waals surface area contributed by atoms with Crippen molar-refractivity contribution < 1.29 is 4.57 Å². The Morgan fingerprint density at radius 2 is 2.44 bits per heavy atom. The van der Waals surface area contributed by atoms with Crippen molar-refractivity contribution in [2.24, 2.45) is 0 Å². The molecule has 0 atom stereocenters. The molecule has 0 aliphatic carbocycles.